The van der Waals surface area contributed by atoms with Crippen LogP contribution in [0.1, 0.15) is 42.2 Å². The standard InChI is InChI=1S/C20H25ClN2OS/c1-23(2)17(15-8-3-4-9-16(15)21)14-22-19(24)20(11-5-6-12-20)18-10-7-13-25-18/h3-4,7-10,13,17H,5-6,11-12,14H2,1-2H3,(H,22,24). The van der Waals surface area contributed by atoms with Gasteiger partial charge in [-0.05, 0) is 50.0 Å². The lowest BCUT2D eigenvalue weighted by Gasteiger charge is -2.30. The monoisotopic (exact) mass is 376 g/mol. The first-order valence-corrected chi connectivity index (χ1v) is 10.0. The molecule has 5 heteroatoms. The summed E-state index contributed by atoms with van der Waals surface area (Å²) >= 11 is 8.07. The number of hydrogen-bond acceptors (Lipinski definition) is 3. The Bertz CT molecular complexity index is 708. The molecule has 0 radical (unpaired) electrons. The molecule has 25 heavy (non-hydrogen) atoms. The second-order valence-corrected chi connectivity index (χ2v) is 8.33. The number of benzene rings is 1. The second-order valence-electron chi connectivity index (χ2n) is 6.98. The first-order chi connectivity index (χ1) is 12.0. The fourth-order valence-corrected chi connectivity index (χ4v) is 5.03. The summed E-state index contributed by atoms with van der Waals surface area (Å²) in [6.07, 6.45) is 4.12. The summed E-state index contributed by atoms with van der Waals surface area (Å²) in [4.78, 5) is 16.5. The Kier molecular flexibility index (Phi) is 5.82. The van der Waals surface area contributed by atoms with E-state index in [-0.39, 0.29) is 17.4 Å². The van der Waals surface area contributed by atoms with E-state index in [4.69, 9.17) is 11.6 Å². The minimum Gasteiger partial charge on any atom is -0.353 e. The van der Waals surface area contributed by atoms with Gasteiger partial charge in [0.05, 0.1) is 11.5 Å². The molecule has 0 aliphatic heterocycles. The van der Waals surface area contributed by atoms with Crippen LogP contribution in [0, 0.1) is 0 Å². The summed E-state index contributed by atoms with van der Waals surface area (Å²) in [5.74, 6) is 0.159. The number of likely N-dealkylation sites (N-methyl/N-ethyl adjacent to an activating group) is 1. The summed E-state index contributed by atoms with van der Waals surface area (Å²) in [5, 5.41) is 6.03. The van der Waals surface area contributed by atoms with Crippen molar-refractivity contribution in [3.05, 3.63) is 57.2 Å². The van der Waals surface area contributed by atoms with Crippen molar-refractivity contribution in [2.45, 2.75) is 37.1 Å². The molecule has 134 valence electrons. The zero-order valence-corrected chi connectivity index (χ0v) is 16.4. The van der Waals surface area contributed by atoms with Gasteiger partial charge in [0, 0.05) is 16.4 Å². The summed E-state index contributed by atoms with van der Waals surface area (Å²) in [5.41, 5.74) is 0.706. The lowest BCUT2D eigenvalue weighted by atomic mass is 9.83. The molecule has 1 atom stereocenters. The lowest BCUT2D eigenvalue weighted by molar-refractivity contribution is -0.126. The molecule has 1 saturated carbocycles. The third kappa shape index (κ3) is 3.76. The highest BCUT2D eigenvalue weighted by Gasteiger charge is 2.43. The van der Waals surface area contributed by atoms with Crippen LogP contribution in [-0.2, 0) is 10.2 Å². The van der Waals surface area contributed by atoms with Crippen LogP contribution < -0.4 is 5.32 Å². The molecule has 1 fully saturated rings. The normalized spacial score (nSPS) is 17.6. The molecule has 0 spiro atoms. The molecule has 1 aromatic carbocycles. The van der Waals surface area contributed by atoms with Gasteiger partial charge in [0.1, 0.15) is 0 Å². The van der Waals surface area contributed by atoms with Crippen molar-refractivity contribution in [1.82, 2.24) is 10.2 Å². The first kappa shape index (κ1) is 18.4. The van der Waals surface area contributed by atoms with Crippen LogP contribution in [0.15, 0.2) is 41.8 Å². The van der Waals surface area contributed by atoms with Gasteiger partial charge in [-0.1, -0.05) is 48.7 Å². The fraction of sp³-hybridized carbons (Fsp3) is 0.450. The van der Waals surface area contributed by atoms with Crippen molar-refractivity contribution in [2.75, 3.05) is 20.6 Å². The van der Waals surface area contributed by atoms with Crippen LogP contribution in [0.2, 0.25) is 5.02 Å². The highest BCUT2D eigenvalue weighted by atomic mass is 35.5. The second kappa shape index (κ2) is 7.90. The van der Waals surface area contributed by atoms with Gasteiger partial charge in [0.15, 0.2) is 0 Å². The summed E-state index contributed by atoms with van der Waals surface area (Å²) in [6.45, 7) is 0.558. The molecule has 1 unspecified atom stereocenters. The number of carbonyl (C=O) groups excluding carboxylic acids is 1. The van der Waals surface area contributed by atoms with Gasteiger partial charge in [-0.25, -0.2) is 0 Å². The molecule has 3 rings (SSSR count). The molecular formula is C20H25ClN2OS. The van der Waals surface area contributed by atoms with Crippen LogP contribution >= 0.6 is 22.9 Å². The highest BCUT2D eigenvalue weighted by molar-refractivity contribution is 7.10. The van der Waals surface area contributed by atoms with Gasteiger partial charge in [0.25, 0.3) is 0 Å². The van der Waals surface area contributed by atoms with E-state index < -0.39 is 0 Å². The summed E-state index contributed by atoms with van der Waals surface area (Å²) in [6, 6.07) is 12.1. The molecule has 0 saturated heterocycles. The maximum Gasteiger partial charge on any atom is 0.231 e. The molecule has 1 heterocycles. The summed E-state index contributed by atoms with van der Waals surface area (Å²) in [7, 11) is 4.04. The Hall–Kier alpha value is -1.36. The Morgan fingerprint density at radius 3 is 2.56 bits per heavy atom. The van der Waals surface area contributed by atoms with Gasteiger partial charge in [-0.2, -0.15) is 0 Å². The molecular weight excluding hydrogens is 352 g/mol. The van der Waals surface area contributed by atoms with Crippen LogP contribution in [0.4, 0.5) is 0 Å². The quantitative estimate of drug-likeness (QED) is 0.796. The van der Waals surface area contributed by atoms with E-state index >= 15 is 0 Å². The van der Waals surface area contributed by atoms with Crippen LogP contribution in [-0.4, -0.2) is 31.4 Å². The van der Waals surface area contributed by atoms with Crippen LogP contribution in [0.3, 0.4) is 0 Å². The number of nitrogens with one attached hydrogen (secondary N) is 1. The van der Waals surface area contributed by atoms with Crippen molar-refractivity contribution in [1.29, 1.82) is 0 Å². The predicted molar refractivity (Wildman–Crippen MR) is 105 cm³/mol. The lowest BCUT2D eigenvalue weighted by Crippen LogP contribution is -2.45. The molecule has 1 N–H and O–H groups in total. The average molecular weight is 377 g/mol. The number of halogens is 1. The van der Waals surface area contributed by atoms with E-state index in [1.54, 1.807) is 11.3 Å². The van der Waals surface area contributed by atoms with E-state index in [2.05, 4.69) is 21.7 Å². The van der Waals surface area contributed by atoms with Gasteiger partial charge in [0.2, 0.25) is 5.91 Å². The zero-order chi connectivity index (χ0) is 17.9. The number of nitrogens with zero attached hydrogens (tertiary/aromatic N) is 1. The predicted octanol–water partition coefficient (Wildman–Crippen LogP) is 4.63. The smallest absolute Gasteiger partial charge is 0.231 e. The summed E-state index contributed by atoms with van der Waals surface area (Å²) < 4.78 is 0. The first-order valence-electron chi connectivity index (χ1n) is 8.78. The van der Waals surface area contributed by atoms with E-state index in [0.29, 0.717) is 6.54 Å². The maximum atomic E-state index is 13.2. The van der Waals surface area contributed by atoms with E-state index in [1.807, 2.05) is 44.4 Å². The molecule has 1 amide bonds. The van der Waals surface area contributed by atoms with Gasteiger partial charge < -0.3 is 10.2 Å². The van der Waals surface area contributed by atoms with E-state index in [0.717, 1.165) is 36.3 Å². The van der Waals surface area contributed by atoms with Gasteiger partial charge in [-0.15, -0.1) is 11.3 Å². The Labute approximate surface area is 159 Å². The van der Waals surface area contributed by atoms with E-state index in [1.165, 1.54) is 4.88 Å². The fourth-order valence-electron chi connectivity index (χ4n) is 3.79. The maximum absolute atomic E-state index is 13.2. The molecule has 1 aliphatic carbocycles. The minimum atomic E-state index is -0.342. The van der Waals surface area contributed by atoms with Gasteiger partial charge in [-0.3, -0.25) is 4.79 Å². The third-order valence-electron chi connectivity index (χ3n) is 5.23. The third-order valence-corrected chi connectivity index (χ3v) is 6.65. The van der Waals surface area contributed by atoms with Gasteiger partial charge >= 0.3 is 0 Å². The van der Waals surface area contributed by atoms with E-state index in [9.17, 15) is 4.79 Å². The minimum absolute atomic E-state index is 0.0550. The van der Waals surface area contributed by atoms with Crippen molar-refractivity contribution >= 4 is 28.8 Å². The number of rotatable bonds is 6. The number of hydrogen-bond donors (Lipinski definition) is 1. The Morgan fingerprint density at radius 1 is 1.24 bits per heavy atom. The van der Waals surface area contributed by atoms with Crippen molar-refractivity contribution in [3.8, 4) is 0 Å². The molecule has 0 bridgehead atoms. The number of amides is 1. The molecule has 1 aromatic heterocycles. The van der Waals surface area contributed by atoms with Crippen molar-refractivity contribution in [2.24, 2.45) is 0 Å². The Morgan fingerprint density at radius 2 is 1.96 bits per heavy atom. The molecule has 1 aliphatic rings. The largest absolute Gasteiger partial charge is 0.353 e. The van der Waals surface area contributed by atoms with Crippen LogP contribution in [0.5, 0.6) is 0 Å². The number of carbonyl (C=O) groups is 1. The Balaban J connectivity index is 1.76. The van der Waals surface area contributed by atoms with Crippen molar-refractivity contribution in [3.63, 3.8) is 0 Å². The topological polar surface area (TPSA) is 32.3 Å². The molecule has 2 aromatic rings. The number of thiophene rings is 1. The highest BCUT2D eigenvalue weighted by Crippen LogP contribution is 2.43. The van der Waals surface area contributed by atoms with Crippen molar-refractivity contribution < 1.29 is 4.79 Å². The molecule has 3 nitrogen and oxygen atoms in total. The average Bonchev–Trinajstić information content (AvgIpc) is 3.28. The van der Waals surface area contributed by atoms with Crippen LogP contribution in [0.25, 0.3) is 0 Å². The SMILES string of the molecule is CN(C)C(CNC(=O)C1(c2cccs2)CCCC1)c1ccccc1Cl. The zero-order valence-electron chi connectivity index (χ0n) is 14.8.